The number of hydrogen-bond donors (Lipinski definition) is 0. The molecule has 39 heavy (non-hydrogen) atoms. The van der Waals surface area contributed by atoms with Gasteiger partial charge in [0.05, 0.1) is 42.2 Å². The number of benzene rings is 1. The van der Waals surface area contributed by atoms with E-state index in [4.69, 9.17) is 18.6 Å². The molecule has 0 radical (unpaired) electrons. The van der Waals surface area contributed by atoms with Crippen molar-refractivity contribution in [3.8, 4) is 11.5 Å². The van der Waals surface area contributed by atoms with Crippen LogP contribution in [0.2, 0.25) is 0 Å². The molecule has 1 fully saturated rings. The van der Waals surface area contributed by atoms with Crippen LogP contribution in [-0.4, -0.2) is 43.9 Å². The van der Waals surface area contributed by atoms with Gasteiger partial charge in [0.1, 0.15) is 5.76 Å². The van der Waals surface area contributed by atoms with Crippen LogP contribution in [0.25, 0.3) is 6.08 Å². The minimum absolute atomic E-state index is 0.206. The highest BCUT2D eigenvalue weighted by molar-refractivity contribution is 7.07. The first-order chi connectivity index (χ1) is 18.9. The molecule has 1 aromatic carbocycles. The normalized spacial score (nSPS) is 17.6. The van der Waals surface area contributed by atoms with Crippen LogP contribution in [0.3, 0.4) is 0 Å². The molecule has 0 spiro atoms. The zero-order chi connectivity index (χ0) is 27.5. The summed E-state index contributed by atoms with van der Waals surface area (Å²) < 4.78 is 24.8. The maximum Gasteiger partial charge on any atom is 0.338 e. The summed E-state index contributed by atoms with van der Waals surface area (Å²) in [4.78, 5) is 34.4. The van der Waals surface area contributed by atoms with Crippen molar-refractivity contribution in [2.24, 2.45) is 4.99 Å². The number of hydrogen-bond acceptors (Lipinski definition) is 9. The second-order valence-electron chi connectivity index (χ2n) is 9.37. The predicted molar refractivity (Wildman–Crippen MR) is 149 cm³/mol. The second-order valence-corrected chi connectivity index (χ2v) is 10.4. The topological polar surface area (TPSA) is 95.5 Å². The van der Waals surface area contributed by atoms with Crippen molar-refractivity contribution in [3.05, 3.63) is 72.6 Å². The zero-order valence-corrected chi connectivity index (χ0v) is 23.5. The van der Waals surface area contributed by atoms with Crippen molar-refractivity contribution in [2.45, 2.75) is 46.1 Å². The Morgan fingerprint density at radius 3 is 2.64 bits per heavy atom. The highest BCUT2D eigenvalue weighted by Crippen LogP contribution is 2.36. The Balaban J connectivity index is 1.63. The zero-order valence-electron chi connectivity index (χ0n) is 22.7. The summed E-state index contributed by atoms with van der Waals surface area (Å²) >= 11 is 1.27. The van der Waals surface area contributed by atoms with Gasteiger partial charge in [-0.1, -0.05) is 17.4 Å². The Hall–Kier alpha value is -3.79. The summed E-state index contributed by atoms with van der Waals surface area (Å²) in [6, 6.07) is 8.50. The van der Waals surface area contributed by atoms with Crippen LogP contribution in [-0.2, 0) is 9.53 Å². The Morgan fingerprint density at radius 1 is 1.13 bits per heavy atom. The number of fused-ring (bicyclic) bond motifs is 1. The average molecular weight is 552 g/mol. The quantitative estimate of drug-likeness (QED) is 0.393. The molecule has 206 valence electrons. The van der Waals surface area contributed by atoms with Crippen molar-refractivity contribution >= 4 is 29.3 Å². The lowest BCUT2D eigenvalue weighted by molar-refractivity contribution is -0.139. The van der Waals surface area contributed by atoms with Gasteiger partial charge in [0.25, 0.3) is 5.56 Å². The lowest BCUT2D eigenvalue weighted by atomic mass is 9.95. The van der Waals surface area contributed by atoms with Crippen LogP contribution in [0, 0.1) is 0 Å². The number of thiazole rings is 1. The van der Waals surface area contributed by atoms with Gasteiger partial charge in [0, 0.05) is 25.2 Å². The summed E-state index contributed by atoms with van der Waals surface area (Å²) in [5.41, 5.74) is 1.25. The van der Waals surface area contributed by atoms with E-state index in [1.807, 2.05) is 25.1 Å². The van der Waals surface area contributed by atoms with Gasteiger partial charge < -0.3 is 23.5 Å². The molecule has 0 saturated carbocycles. The Bertz CT molecular complexity index is 1570. The van der Waals surface area contributed by atoms with Crippen LogP contribution in [0.1, 0.15) is 57.4 Å². The van der Waals surface area contributed by atoms with E-state index in [1.165, 1.54) is 17.8 Å². The minimum atomic E-state index is -0.743. The van der Waals surface area contributed by atoms with Crippen molar-refractivity contribution in [3.63, 3.8) is 0 Å². The van der Waals surface area contributed by atoms with E-state index >= 15 is 0 Å². The lowest BCUT2D eigenvalue weighted by Gasteiger charge is -2.25. The van der Waals surface area contributed by atoms with Gasteiger partial charge in [-0.05, 0) is 63.8 Å². The third-order valence-electron chi connectivity index (χ3n) is 6.87. The summed E-state index contributed by atoms with van der Waals surface area (Å²) in [6.07, 6.45) is 5.28. The predicted octanol–water partition coefficient (Wildman–Crippen LogP) is 3.79. The largest absolute Gasteiger partial charge is 0.493 e. The van der Waals surface area contributed by atoms with Crippen LogP contribution in [0.4, 0.5) is 5.88 Å². The van der Waals surface area contributed by atoms with E-state index in [9.17, 15) is 9.59 Å². The Labute approximate surface area is 230 Å². The van der Waals surface area contributed by atoms with Gasteiger partial charge >= 0.3 is 5.97 Å². The fourth-order valence-electron chi connectivity index (χ4n) is 5.07. The van der Waals surface area contributed by atoms with Gasteiger partial charge in [0.15, 0.2) is 22.2 Å². The number of nitrogens with zero attached hydrogens (tertiary/aromatic N) is 3. The van der Waals surface area contributed by atoms with Crippen molar-refractivity contribution in [2.75, 3.05) is 38.3 Å². The highest BCUT2D eigenvalue weighted by Gasteiger charge is 2.34. The molecule has 0 aliphatic carbocycles. The van der Waals surface area contributed by atoms with Gasteiger partial charge in [-0.2, -0.15) is 0 Å². The molecule has 9 nitrogen and oxygen atoms in total. The first-order valence-electron chi connectivity index (χ1n) is 13.3. The highest BCUT2D eigenvalue weighted by atomic mass is 32.1. The number of piperidine rings is 1. The van der Waals surface area contributed by atoms with Gasteiger partial charge in [-0.3, -0.25) is 9.36 Å². The molecule has 2 aromatic heterocycles. The van der Waals surface area contributed by atoms with E-state index in [-0.39, 0.29) is 12.2 Å². The Kier molecular flexibility index (Phi) is 7.92. The first kappa shape index (κ1) is 26.8. The number of anilines is 1. The molecule has 0 unspecified atom stereocenters. The molecular weight excluding hydrogens is 518 g/mol. The molecule has 5 rings (SSSR count). The van der Waals surface area contributed by atoms with Crippen molar-refractivity contribution in [1.29, 1.82) is 0 Å². The molecule has 2 aliphatic heterocycles. The molecular formula is C29H33N3O6S. The molecule has 1 atom stereocenters. The molecule has 2 aliphatic rings. The second kappa shape index (κ2) is 11.5. The molecule has 0 N–H and O–H groups in total. The third kappa shape index (κ3) is 5.25. The number of allylic oxidation sites excluding steroid dienone is 1. The van der Waals surface area contributed by atoms with Crippen LogP contribution >= 0.6 is 11.3 Å². The number of carbonyl (C=O) groups excluding carboxylic acids is 1. The molecule has 0 bridgehead atoms. The van der Waals surface area contributed by atoms with Crippen LogP contribution in [0.15, 0.2) is 55.8 Å². The summed E-state index contributed by atoms with van der Waals surface area (Å²) in [7, 11) is 1.57. The fourth-order valence-corrected chi connectivity index (χ4v) is 6.10. The molecule has 3 aromatic rings. The van der Waals surface area contributed by atoms with Gasteiger partial charge in [0.2, 0.25) is 0 Å². The monoisotopic (exact) mass is 551 g/mol. The number of aromatic nitrogens is 1. The number of methoxy groups -OCH3 is 1. The van der Waals surface area contributed by atoms with Gasteiger partial charge in [-0.15, -0.1) is 0 Å². The lowest BCUT2D eigenvalue weighted by Crippen LogP contribution is -2.40. The van der Waals surface area contributed by atoms with Crippen LogP contribution < -0.4 is 29.3 Å². The van der Waals surface area contributed by atoms with E-state index in [1.54, 1.807) is 43.7 Å². The summed E-state index contributed by atoms with van der Waals surface area (Å²) in [5, 5.41) is 0. The maximum absolute atomic E-state index is 13.9. The summed E-state index contributed by atoms with van der Waals surface area (Å²) in [6.45, 7) is 7.98. The minimum Gasteiger partial charge on any atom is -0.493 e. The molecule has 10 heteroatoms. The van der Waals surface area contributed by atoms with E-state index in [2.05, 4.69) is 9.89 Å². The van der Waals surface area contributed by atoms with Crippen molar-refractivity contribution in [1.82, 2.24) is 4.57 Å². The standard InChI is InChI=1S/C29H33N3O6S/c1-5-36-22-16-19(10-12-21(22)35-4)26-25(28(34)37-6-2)18(3)30-29-32(26)27(33)23(39-29)17-20-11-13-24(38-20)31-14-8-7-9-15-31/h10-13,16-17,26H,5-9,14-15H2,1-4H3/b23-17-/t26-/m0/s1. The Morgan fingerprint density at radius 2 is 1.92 bits per heavy atom. The fraction of sp³-hybridized carbons (Fsp3) is 0.414. The maximum atomic E-state index is 13.9. The number of furan rings is 1. The van der Waals surface area contributed by atoms with Crippen molar-refractivity contribution < 1.29 is 23.4 Å². The van der Waals surface area contributed by atoms with E-state index < -0.39 is 12.0 Å². The first-order valence-corrected chi connectivity index (χ1v) is 14.1. The number of carbonyl (C=O) groups is 1. The van der Waals surface area contributed by atoms with Crippen LogP contribution in [0.5, 0.6) is 11.5 Å². The van der Waals surface area contributed by atoms with Gasteiger partial charge in [-0.25, -0.2) is 9.79 Å². The molecule has 1 saturated heterocycles. The molecule has 4 heterocycles. The number of rotatable bonds is 8. The molecule has 0 amide bonds. The number of esters is 1. The smallest absolute Gasteiger partial charge is 0.338 e. The SMILES string of the molecule is CCOC(=O)C1=C(C)N=c2s/c(=C\c3ccc(N4CCCCC4)o3)c(=O)n2[C@H]1c1ccc(OC)c(OCC)c1. The average Bonchev–Trinajstić information content (AvgIpc) is 3.53. The van der Waals surface area contributed by atoms with E-state index in [0.717, 1.165) is 31.8 Å². The van der Waals surface area contributed by atoms with E-state index in [0.29, 0.717) is 50.0 Å². The third-order valence-corrected chi connectivity index (χ3v) is 7.86. The number of ether oxygens (including phenoxy) is 3. The summed E-state index contributed by atoms with van der Waals surface area (Å²) in [5.74, 6) is 1.99.